The molecule has 6 heteroatoms. The molecule has 17 heavy (non-hydrogen) atoms. The van der Waals surface area contributed by atoms with Crippen LogP contribution in [0.25, 0.3) is 0 Å². The minimum Gasteiger partial charge on any atom is -0.306 e. The lowest BCUT2D eigenvalue weighted by Gasteiger charge is -2.05. The molecule has 90 valence electrons. The average molecular weight is 238 g/mol. The number of benzene rings is 1. The molecule has 1 aromatic heterocycles. The highest BCUT2D eigenvalue weighted by atomic mass is 19.3. The van der Waals surface area contributed by atoms with E-state index in [4.69, 9.17) is 0 Å². The summed E-state index contributed by atoms with van der Waals surface area (Å²) in [5.74, 6) is 0.718. The number of aromatic amines is 1. The molecule has 4 nitrogen and oxygen atoms in total. The van der Waals surface area contributed by atoms with Gasteiger partial charge in [-0.3, -0.25) is 5.10 Å². The molecule has 2 rings (SSSR count). The van der Waals surface area contributed by atoms with Crippen molar-refractivity contribution in [3.63, 3.8) is 0 Å². The van der Waals surface area contributed by atoms with Gasteiger partial charge in [0.1, 0.15) is 12.2 Å². The quantitative estimate of drug-likeness (QED) is 0.838. The second-order valence-corrected chi connectivity index (χ2v) is 3.58. The van der Waals surface area contributed by atoms with E-state index in [1.54, 1.807) is 12.1 Å². The molecule has 0 saturated heterocycles. The molecule has 0 aliphatic carbocycles. The number of rotatable bonds is 5. The van der Waals surface area contributed by atoms with Crippen LogP contribution in [-0.2, 0) is 13.1 Å². The summed E-state index contributed by atoms with van der Waals surface area (Å²) in [6.07, 6.45) is -1.00. The lowest BCUT2D eigenvalue weighted by atomic mass is 10.1. The van der Waals surface area contributed by atoms with Gasteiger partial charge in [-0.25, -0.2) is 13.8 Å². The van der Waals surface area contributed by atoms with Crippen molar-refractivity contribution in [1.82, 2.24) is 20.5 Å². The molecule has 0 atom stereocenters. The van der Waals surface area contributed by atoms with E-state index in [1.807, 2.05) is 0 Å². The van der Waals surface area contributed by atoms with E-state index in [1.165, 1.54) is 18.5 Å². The lowest BCUT2D eigenvalue weighted by molar-refractivity contribution is 0.151. The van der Waals surface area contributed by atoms with Crippen molar-refractivity contribution in [3.05, 3.63) is 47.5 Å². The summed E-state index contributed by atoms with van der Waals surface area (Å²) in [6.45, 7) is 1.04. The molecule has 0 fully saturated rings. The highest BCUT2D eigenvalue weighted by Gasteiger charge is 2.06. The van der Waals surface area contributed by atoms with Crippen LogP contribution in [0.2, 0.25) is 0 Å². The molecule has 1 aromatic carbocycles. The van der Waals surface area contributed by atoms with Gasteiger partial charge >= 0.3 is 0 Å². The molecule has 0 radical (unpaired) electrons. The Kier molecular flexibility index (Phi) is 3.77. The maximum Gasteiger partial charge on any atom is 0.263 e. The number of nitrogens with zero attached hydrogens (tertiary/aromatic N) is 2. The highest BCUT2D eigenvalue weighted by Crippen LogP contribution is 2.19. The van der Waals surface area contributed by atoms with Crippen LogP contribution in [-0.4, -0.2) is 15.2 Å². The van der Waals surface area contributed by atoms with Crippen LogP contribution in [0.1, 0.15) is 23.4 Å². The second-order valence-electron chi connectivity index (χ2n) is 3.58. The fourth-order valence-electron chi connectivity index (χ4n) is 1.48. The first kappa shape index (κ1) is 11.7. The van der Waals surface area contributed by atoms with Crippen molar-refractivity contribution < 1.29 is 8.78 Å². The van der Waals surface area contributed by atoms with E-state index in [0.717, 1.165) is 11.4 Å². The molecule has 1 heterocycles. The first-order chi connectivity index (χ1) is 8.25. The monoisotopic (exact) mass is 238 g/mol. The summed E-state index contributed by atoms with van der Waals surface area (Å²) in [7, 11) is 0. The SMILES string of the molecule is FC(F)c1cccc(CNCc2ncn[nH]2)c1. The molecule has 0 spiro atoms. The van der Waals surface area contributed by atoms with E-state index in [9.17, 15) is 8.78 Å². The summed E-state index contributed by atoms with van der Waals surface area (Å²) in [4.78, 5) is 3.94. The number of halogens is 2. The van der Waals surface area contributed by atoms with Gasteiger partial charge in [-0.1, -0.05) is 18.2 Å². The molecule has 0 saturated carbocycles. The third kappa shape index (κ3) is 3.32. The fourth-order valence-corrected chi connectivity index (χ4v) is 1.48. The first-order valence-electron chi connectivity index (χ1n) is 5.17. The van der Waals surface area contributed by atoms with Gasteiger partial charge in [-0.15, -0.1) is 0 Å². The van der Waals surface area contributed by atoms with Crippen molar-refractivity contribution in [1.29, 1.82) is 0 Å². The first-order valence-corrected chi connectivity index (χ1v) is 5.17. The predicted molar refractivity (Wildman–Crippen MR) is 58.3 cm³/mol. The number of hydrogen-bond acceptors (Lipinski definition) is 3. The molecule has 0 aliphatic rings. The van der Waals surface area contributed by atoms with Crippen LogP contribution in [0.15, 0.2) is 30.6 Å². The van der Waals surface area contributed by atoms with E-state index >= 15 is 0 Å². The minimum absolute atomic E-state index is 0.0453. The zero-order valence-electron chi connectivity index (χ0n) is 9.03. The van der Waals surface area contributed by atoms with Crippen LogP contribution < -0.4 is 5.32 Å². The largest absolute Gasteiger partial charge is 0.306 e. The van der Waals surface area contributed by atoms with Gasteiger partial charge in [0.05, 0.1) is 6.54 Å². The summed E-state index contributed by atoms with van der Waals surface area (Å²) in [5.41, 5.74) is 0.867. The van der Waals surface area contributed by atoms with Gasteiger partial charge in [0.15, 0.2) is 0 Å². The van der Waals surface area contributed by atoms with E-state index in [-0.39, 0.29) is 5.56 Å². The van der Waals surface area contributed by atoms with Crippen molar-refractivity contribution in [2.75, 3.05) is 0 Å². The molecule has 2 N–H and O–H groups in total. The third-order valence-corrected chi connectivity index (χ3v) is 2.29. The Morgan fingerprint density at radius 1 is 1.29 bits per heavy atom. The van der Waals surface area contributed by atoms with Crippen LogP contribution in [0, 0.1) is 0 Å². The Hall–Kier alpha value is -1.82. The topological polar surface area (TPSA) is 53.6 Å². The van der Waals surface area contributed by atoms with Crippen LogP contribution in [0.3, 0.4) is 0 Å². The maximum atomic E-state index is 12.4. The van der Waals surface area contributed by atoms with Crippen molar-refractivity contribution in [2.45, 2.75) is 19.5 Å². The lowest BCUT2D eigenvalue weighted by Crippen LogP contribution is -2.13. The van der Waals surface area contributed by atoms with Gasteiger partial charge < -0.3 is 5.32 Å². The zero-order chi connectivity index (χ0) is 12.1. The molecule has 2 aromatic rings. The number of hydrogen-bond donors (Lipinski definition) is 2. The van der Waals surface area contributed by atoms with Gasteiger partial charge in [0.2, 0.25) is 0 Å². The average Bonchev–Trinajstić information content (AvgIpc) is 2.82. The maximum absolute atomic E-state index is 12.4. The highest BCUT2D eigenvalue weighted by molar-refractivity contribution is 5.24. The normalized spacial score (nSPS) is 11.0. The third-order valence-electron chi connectivity index (χ3n) is 2.29. The molecule has 0 unspecified atom stereocenters. The fraction of sp³-hybridized carbons (Fsp3) is 0.273. The van der Waals surface area contributed by atoms with E-state index < -0.39 is 6.43 Å². The van der Waals surface area contributed by atoms with Gasteiger partial charge in [-0.2, -0.15) is 5.10 Å². The van der Waals surface area contributed by atoms with Crippen LogP contribution in [0.4, 0.5) is 8.78 Å². The zero-order valence-corrected chi connectivity index (χ0v) is 9.03. The summed E-state index contributed by atoms with van der Waals surface area (Å²) in [5, 5.41) is 9.51. The molecule has 0 aliphatic heterocycles. The van der Waals surface area contributed by atoms with Crippen molar-refractivity contribution in [3.8, 4) is 0 Å². The summed E-state index contributed by atoms with van der Waals surface area (Å²) < 4.78 is 24.9. The Morgan fingerprint density at radius 2 is 2.18 bits per heavy atom. The number of nitrogens with one attached hydrogen (secondary N) is 2. The Bertz CT molecular complexity index is 456. The second kappa shape index (κ2) is 5.49. The summed E-state index contributed by atoms with van der Waals surface area (Å²) >= 11 is 0. The van der Waals surface area contributed by atoms with Gasteiger partial charge in [-0.05, 0) is 11.6 Å². The molecular formula is C11H12F2N4. The Labute approximate surface area is 97.1 Å². The van der Waals surface area contributed by atoms with Crippen molar-refractivity contribution >= 4 is 0 Å². The van der Waals surface area contributed by atoms with Crippen LogP contribution in [0.5, 0.6) is 0 Å². The standard InChI is InChI=1S/C11H12F2N4/c12-11(13)9-3-1-2-8(4-9)5-14-6-10-15-7-16-17-10/h1-4,7,11,14H,5-6H2,(H,15,16,17). The van der Waals surface area contributed by atoms with E-state index in [0.29, 0.717) is 13.1 Å². The Morgan fingerprint density at radius 3 is 2.88 bits per heavy atom. The number of alkyl halides is 2. The molecular weight excluding hydrogens is 226 g/mol. The molecule has 0 bridgehead atoms. The van der Waals surface area contributed by atoms with Gasteiger partial charge in [0.25, 0.3) is 6.43 Å². The smallest absolute Gasteiger partial charge is 0.263 e. The Balaban J connectivity index is 1.88. The van der Waals surface area contributed by atoms with Crippen LogP contribution >= 0.6 is 0 Å². The number of H-pyrrole nitrogens is 1. The molecule has 0 amide bonds. The van der Waals surface area contributed by atoms with Gasteiger partial charge in [0, 0.05) is 12.1 Å². The minimum atomic E-state index is -2.43. The number of aromatic nitrogens is 3. The van der Waals surface area contributed by atoms with Crippen molar-refractivity contribution in [2.24, 2.45) is 0 Å². The van der Waals surface area contributed by atoms with E-state index in [2.05, 4.69) is 20.5 Å². The predicted octanol–water partition coefficient (Wildman–Crippen LogP) is 2.03. The summed E-state index contributed by atoms with van der Waals surface area (Å²) in [6, 6.07) is 6.36.